The molecule has 1 rings (SSSR count). The Balaban J connectivity index is 2.81. The first-order chi connectivity index (χ1) is 11.3. The van der Waals surface area contributed by atoms with Crippen molar-refractivity contribution in [3.05, 3.63) is 35.4 Å². The molecule has 0 saturated heterocycles. The number of hydrogen-bond donors (Lipinski definition) is 3. The van der Waals surface area contributed by atoms with Crippen LogP contribution >= 0.6 is 0 Å². The van der Waals surface area contributed by atoms with E-state index in [1.807, 2.05) is 20.8 Å². The van der Waals surface area contributed by atoms with Crippen molar-refractivity contribution in [1.82, 2.24) is 0 Å². The summed E-state index contributed by atoms with van der Waals surface area (Å²) >= 11 is 0. The molecular weight excluding hydrogens is 332 g/mol. The number of benzene rings is 1. The number of ether oxygens (including phenoxy) is 1. The summed E-state index contributed by atoms with van der Waals surface area (Å²) in [5.41, 5.74) is -1.96. The van der Waals surface area contributed by atoms with Crippen LogP contribution in [0, 0.1) is 0 Å². The smallest absolute Gasteiger partial charge is 0.345 e. The monoisotopic (exact) mass is 352 g/mol. The normalized spacial score (nSPS) is 13.6. The Morgan fingerprint density at radius 3 is 1.88 bits per heavy atom. The molecule has 0 aliphatic carbocycles. The lowest BCUT2D eigenvalue weighted by Crippen LogP contribution is -2.43. The van der Waals surface area contributed by atoms with Gasteiger partial charge in [-0.05, 0) is 23.1 Å². The predicted octanol–water partition coefficient (Wildman–Crippen LogP) is 1.35. The van der Waals surface area contributed by atoms with Gasteiger partial charge in [0.05, 0.1) is 18.4 Å². The maximum atomic E-state index is 11.9. The van der Waals surface area contributed by atoms with E-state index in [4.69, 9.17) is 10.2 Å². The summed E-state index contributed by atoms with van der Waals surface area (Å²) in [5.74, 6) is -5.86. The minimum Gasteiger partial charge on any atom is -0.481 e. The Kier molecular flexibility index (Phi) is 6.04. The highest BCUT2D eigenvalue weighted by Crippen LogP contribution is 2.22. The van der Waals surface area contributed by atoms with Crippen LogP contribution in [-0.4, -0.2) is 44.8 Å². The van der Waals surface area contributed by atoms with Gasteiger partial charge in [-0.3, -0.25) is 9.59 Å². The van der Waals surface area contributed by atoms with Crippen LogP contribution in [-0.2, 0) is 24.5 Å². The summed E-state index contributed by atoms with van der Waals surface area (Å²) in [5, 5.41) is 27.2. The summed E-state index contributed by atoms with van der Waals surface area (Å²) in [6.45, 7) is 5.96. The molecule has 136 valence electrons. The van der Waals surface area contributed by atoms with Gasteiger partial charge in [-0.2, -0.15) is 0 Å². The molecule has 0 aromatic heterocycles. The highest BCUT2D eigenvalue weighted by molar-refractivity contribution is 5.98. The van der Waals surface area contributed by atoms with Gasteiger partial charge in [-0.25, -0.2) is 9.59 Å². The molecule has 25 heavy (non-hydrogen) atoms. The second-order valence-corrected chi connectivity index (χ2v) is 6.67. The molecule has 1 aromatic carbocycles. The molecule has 0 aliphatic heterocycles. The lowest BCUT2D eigenvalue weighted by Gasteiger charge is -2.20. The van der Waals surface area contributed by atoms with Crippen molar-refractivity contribution in [1.29, 1.82) is 0 Å². The Bertz CT molecular complexity index is 684. The third-order valence-corrected chi connectivity index (χ3v) is 3.47. The fourth-order valence-electron chi connectivity index (χ4n) is 2.01. The van der Waals surface area contributed by atoms with Crippen LogP contribution in [0.4, 0.5) is 0 Å². The molecule has 1 atom stereocenters. The van der Waals surface area contributed by atoms with Crippen LogP contribution in [0.3, 0.4) is 0 Å². The topological polar surface area (TPSA) is 138 Å². The molecule has 1 unspecified atom stereocenters. The van der Waals surface area contributed by atoms with E-state index in [-0.39, 0.29) is 11.0 Å². The van der Waals surface area contributed by atoms with Gasteiger partial charge in [-0.1, -0.05) is 32.9 Å². The highest BCUT2D eigenvalue weighted by atomic mass is 16.6. The van der Waals surface area contributed by atoms with E-state index in [1.54, 1.807) is 12.1 Å². The quantitative estimate of drug-likeness (QED) is 0.515. The highest BCUT2D eigenvalue weighted by Gasteiger charge is 2.42. The summed E-state index contributed by atoms with van der Waals surface area (Å²) in [7, 11) is 0. The first-order valence-corrected chi connectivity index (χ1v) is 7.38. The van der Waals surface area contributed by atoms with E-state index in [9.17, 15) is 24.3 Å². The zero-order valence-corrected chi connectivity index (χ0v) is 14.1. The molecule has 8 nitrogen and oxygen atoms in total. The van der Waals surface area contributed by atoms with Crippen LogP contribution in [0.5, 0.6) is 0 Å². The van der Waals surface area contributed by atoms with Gasteiger partial charge in [0.25, 0.3) is 0 Å². The molecule has 3 N–H and O–H groups in total. The molecule has 0 fully saturated rings. The van der Waals surface area contributed by atoms with Gasteiger partial charge in [0.2, 0.25) is 0 Å². The van der Waals surface area contributed by atoms with Crippen LogP contribution in [0.25, 0.3) is 0 Å². The van der Waals surface area contributed by atoms with Crippen molar-refractivity contribution in [2.24, 2.45) is 0 Å². The minimum atomic E-state index is -2.85. The average Bonchev–Trinajstić information content (AvgIpc) is 2.45. The number of carboxylic acids is 2. The van der Waals surface area contributed by atoms with Crippen molar-refractivity contribution in [2.45, 2.75) is 44.6 Å². The fourth-order valence-corrected chi connectivity index (χ4v) is 2.01. The fraction of sp³-hybridized carbons (Fsp3) is 0.412. The van der Waals surface area contributed by atoms with Crippen LogP contribution in [0.15, 0.2) is 24.3 Å². The second-order valence-electron chi connectivity index (χ2n) is 6.67. The molecule has 0 bridgehead atoms. The largest absolute Gasteiger partial charge is 0.481 e. The maximum Gasteiger partial charge on any atom is 0.345 e. The van der Waals surface area contributed by atoms with Crippen molar-refractivity contribution in [3.63, 3.8) is 0 Å². The number of esters is 2. The molecule has 0 aliphatic rings. The minimum absolute atomic E-state index is 0.0680. The second kappa shape index (κ2) is 7.43. The number of aliphatic carboxylic acids is 2. The van der Waals surface area contributed by atoms with Crippen molar-refractivity contribution in [2.75, 3.05) is 0 Å². The standard InChI is InChI=1S/C17H20O8/c1-16(2,3)11-6-4-10(5-7-11)14(21)25-13(20)9-17(24,15(22)23)8-12(18)19/h4-7,24H,8-9H2,1-3H3,(H,18,19)(H,22,23). The molecule has 0 heterocycles. The molecule has 0 saturated carbocycles. The third kappa shape index (κ3) is 5.68. The summed E-state index contributed by atoms with van der Waals surface area (Å²) in [6, 6.07) is 6.30. The molecular formula is C17H20O8. The average molecular weight is 352 g/mol. The van der Waals surface area contributed by atoms with Gasteiger partial charge in [0.1, 0.15) is 0 Å². The lowest BCUT2D eigenvalue weighted by molar-refractivity contribution is -0.170. The number of aliphatic hydroxyl groups is 1. The molecule has 0 radical (unpaired) electrons. The number of carbonyl (C=O) groups excluding carboxylic acids is 2. The van der Waals surface area contributed by atoms with E-state index in [0.717, 1.165) is 5.56 Å². The number of carboxylic acid groups (broad SMARTS) is 2. The zero-order chi connectivity index (χ0) is 19.4. The van der Waals surface area contributed by atoms with E-state index >= 15 is 0 Å². The Morgan fingerprint density at radius 2 is 1.48 bits per heavy atom. The van der Waals surface area contributed by atoms with Gasteiger partial charge in [0.15, 0.2) is 5.60 Å². The third-order valence-electron chi connectivity index (χ3n) is 3.47. The van der Waals surface area contributed by atoms with E-state index in [2.05, 4.69) is 4.74 Å². The zero-order valence-electron chi connectivity index (χ0n) is 14.1. The number of rotatable bonds is 6. The molecule has 8 heteroatoms. The predicted molar refractivity (Wildman–Crippen MR) is 85.0 cm³/mol. The van der Waals surface area contributed by atoms with E-state index in [0.29, 0.717) is 0 Å². The van der Waals surface area contributed by atoms with Gasteiger partial charge in [0, 0.05) is 0 Å². The van der Waals surface area contributed by atoms with Gasteiger partial charge >= 0.3 is 23.9 Å². The Labute approximate surface area is 144 Å². The van der Waals surface area contributed by atoms with Crippen molar-refractivity contribution < 1.29 is 39.2 Å². The van der Waals surface area contributed by atoms with Gasteiger partial charge < -0.3 is 20.1 Å². The first-order valence-electron chi connectivity index (χ1n) is 7.38. The maximum absolute atomic E-state index is 11.9. The SMILES string of the molecule is CC(C)(C)c1ccc(C(=O)OC(=O)CC(O)(CC(=O)O)C(=O)O)cc1. The lowest BCUT2D eigenvalue weighted by atomic mass is 9.87. The summed E-state index contributed by atoms with van der Waals surface area (Å²) < 4.78 is 4.50. The molecule has 0 spiro atoms. The molecule has 1 aromatic rings. The van der Waals surface area contributed by atoms with Crippen LogP contribution in [0.2, 0.25) is 0 Å². The Morgan fingerprint density at radius 1 is 0.960 bits per heavy atom. The van der Waals surface area contributed by atoms with Crippen LogP contribution < -0.4 is 0 Å². The molecule has 0 amide bonds. The van der Waals surface area contributed by atoms with Crippen molar-refractivity contribution >= 4 is 23.9 Å². The summed E-state index contributed by atoms with van der Waals surface area (Å²) in [4.78, 5) is 45.2. The number of carbonyl (C=O) groups is 4. The van der Waals surface area contributed by atoms with Crippen molar-refractivity contribution in [3.8, 4) is 0 Å². The summed E-state index contributed by atoms with van der Waals surface area (Å²) in [6.07, 6.45) is -2.37. The first kappa shape index (κ1) is 20.3. The number of hydrogen-bond acceptors (Lipinski definition) is 6. The van der Waals surface area contributed by atoms with Crippen LogP contribution in [0.1, 0.15) is 49.5 Å². The van der Waals surface area contributed by atoms with E-state index in [1.165, 1.54) is 12.1 Å². The van der Waals surface area contributed by atoms with Gasteiger partial charge in [-0.15, -0.1) is 0 Å². The van der Waals surface area contributed by atoms with E-state index < -0.39 is 42.3 Å². The Hall–Kier alpha value is -2.74.